The lowest BCUT2D eigenvalue weighted by Gasteiger charge is -2.25. The van der Waals surface area contributed by atoms with Gasteiger partial charge in [-0.3, -0.25) is 4.79 Å². The Morgan fingerprint density at radius 3 is 2.64 bits per heavy atom. The van der Waals surface area contributed by atoms with Gasteiger partial charge in [-0.05, 0) is 13.8 Å². The number of nitriles is 1. The van der Waals surface area contributed by atoms with Gasteiger partial charge in [0, 0.05) is 0 Å². The second-order valence-electron chi connectivity index (χ2n) is 3.03. The first-order valence-corrected chi connectivity index (χ1v) is 4.48. The van der Waals surface area contributed by atoms with E-state index in [9.17, 15) is 4.79 Å². The Balaban J connectivity index is 2.71. The number of carbonyl (C=O) groups is 1. The predicted molar refractivity (Wildman–Crippen MR) is 46.0 cm³/mol. The fourth-order valence-corrected chi connectivity index (χ4v) is 1.31. The van der Waals surface area contributed by atoms with E-state index in [-0.39, 0.29) is 6.61 Å². The Morgan fingerprint density at radius 2 is 2.21 bits per heavy atom. The Morgan fingerprint density at radius 1 is 1.64 bits per heavy atom. The molecule has 0 aromatic carbocycles. The standard InChI is InChI=1S/C9H13NO4/c1-3-12-8(11)7(6-10)9(2)13-4-5-14-9/h7H,3-5H2,1-2H3. The van der Waals surface area contributed by atoms with Crippen molar-refractivity contribution >= 4 is 5.97 Å². The molecule has 1 atom stereocenters. The smallest absolute Gasteiger partial charge is 0.328 e. The van der Waals surface area contributed by atoms with E-state index in [4.69, 9.17) is 19.5 Å². The number of rotatable bonds is 3. The fraction of sp³-hybridized carbons (Fsp3) is 0.778. The highest BCUT2D eigenvalue weighted by Crippen LogP contribution is 2.28. The third-order valence-electron chi connectivity index (χ3n) is 2.04. The molecule has 5 nitrogen and oxygen atoms in total. The number of hydrogen-bond donors (Lipinski definition) is 0. The van der Waals surface area contributed by atoms with Crippen LogP contribution >= 0.6 is 0 Å². The average molecular weight is 199 g/mol. The van der Waals surface area contributed by atoms with E-state index in [0.717, 1.165) is 0 Å². The summed E-state index contributed by atoms with van der Waals surface area (Å²) in [7, 11) is 0. The Labute approximate surface area is 82.5 Å². The van der Waals surface area contributed by atoms with Crippen molar-refractivity contribution in [2.75, 3.05) is 19.8 Å². The maximum Gasteiger partial charge on any atom is 0.328 e. The van der Waals surface area contributed by atoms with Crippen LogP contribution in [0.15, 0.2) is 0 Å². The highest BCUT2D eigenvalue weighted by molar-refractivity contribution is 5.76. The van der Waals surface area contributed by atoms with Crippen LogP contribution in [0.3, 0.4) is 0 Å². The molecule has 1 unspecified atom stereocenters. The van der Waals surface area contributed by atoms with Crippen molar-refractivity contribution in [1.82, 2.24) is 0 Å². The van der Waals surface area contributed by atoms with Crippen LogP contribution < -0.4 is 0 Å². The Kier molecular flexibility index (Phi) is 3.44. The van der Waals surface area contributed by atoms with Crippen molar-refractivity contribution in [3.05, 3.63) is 0 Å². The van der Waals surface area contributed by atoms with Gasteiger partial charge in [0.2, 0.25) is 0 Å². The summed E-state index contributed by atoms with van der Waals surface area (Å²) in [4.78, 5) is 11.4. The van der Waals surface area contributed by atoms with Crippen LogP contribution in [0.1, 0.15) is 13.8 Å². The Hall–Kier alpha value is -1.12. The fourth-order valence-electron chi connectivity index (χ4n) is 1.31. The molecule has 1 aliphatic rings. The van der Waals surface area contributed by atoms with Crippen molar-refractivity contribution in [2.45, 2.75) is 19.6 Å². The van der Waals surface area contributed by atoms with E-state index >= 15 is 0 Å². The van der Waals surface area contributed by atoms with E-state index < -0.39 is 17.7 Å². The summed E-state index contributed by atoms with van der Waals surface area (Å²) in [5, 5.41) is 8.84. The SMILES string of the molecule is CCOC(=O)C(C#N)C1(C)OCCO1. The molecule has 0 aliphatic carbocycles. The van der Waals surface area contributed by atoms with Gasteiger partial charge < -0.3 is 14.2 Å². The summed E-state index contributed by atoms with van der Waals surface area (Å²) in [5.74, 6) is -2.77. The van der Waals surface area contributed by atoms with Crippen molar-refractivity contribution < 1.29 is 19.0 Å². The molecule has 1 aliphatic heterocycles. The van der Waals surface area contributed by atoms with E-state index in [1.807, 2.05) is 6.07 Å². The molecule has 1 saturated heterocycles. The molecule has 0 aromatic heterocycles. The maximum atomic E-state index is 11.4. The molecule has 5 heteroatoms. The molecule has 1 heterocycles. The molecular formula is C9H13NO4. The summed E-state index contributed by atoms with van der Waals surface area (Å²) in [6.45, 7) is 4.30. The lowest BCUT2D eigenvalue weighted by atomic mass is 10.0. The summed E-state index contributed by atoms with van der Waals surface area (Å²) >= 11 is 0. The number of nitrogens with zero attached hydrogens (tertiary/aromatic N) is 1. The van der Waals surface area contributed by atoms with Gasteiger partial charge in [-0.2, -0.15) is 5.26 Å². The Bertz CT molecular complexity index is 252. The lowest BCUT2D eigenvalue weighted by Crippen LogP contribution is -2.40. The summed E-state index contributed by atoms with van der Waals surface area (Å²) in [5.41, 5.74) is 0. The summed E-state index contributed by atoms with van der Waals surface area (Å²) in [6.07, 6.45) is 0. The van der Waals surface area contributed by atoms with Gasteiger partial charge in [0.25, 0.3) is 0 Å². The topological polar surface area (TPSA) is 68.6 Å². The van der Waals surface area contributed by atoms with Crippen LogP contribution in [-0.2, 0) is 19.0 Å². The molecule has 1 fully saturated rings. The second kappa shape index (κ2) is 4.40. The van der Waals surface area contributed by atoms with Crippen molar-refractivity contribution in [3.63, 3.8) is 0 Å². The number of ether oxygens (including phenoxy) is 3. The van der Waals surface area contributed by atoms with Crippen LogP contribution in [0.2, 0.25) is 0 Å². The first-order chi connectivity index (χ1) is 6.64. The lowest BCUT2D eigenvalue weighted by molar-refractivity contribution is -0.189. The highest BCUT2D eigenvalue weighted by atomic mass is 16.7. The minimum absolute atomic E-state index is 0.243. The zero-order valence-corrected chi connectivity index (χ0v) is 8.28. The van der Waals surface area contributed by atoms with E-state index in [2.05, 4.69) is 0 Å². The predicted octanol–water partition coefficient (Wildman–Crippen LogP) is 0.452. The largest absolute Gasteiger partial charge is 0.465 e. The van der Waals surface area contributed by atoms with Gasteiger partial charge >= 0.3 is 5.97 Å². The van der Waals surface area contributed by atoms with E-state index in [1.165, 1.54) is 0 Å². The molecule has 1 rings (SSSR count). The third kappa shape index (κ3) is 2.03. The van der Waals surface area contributed by atoms with Gasteiger partial charge in [0.15, 0.2) is 11.7 Å². The van der Waals surface area contributed by atoms with Crippen molar-refractivity contribution in [3.8, 4) is 6.07 Å². The van der Waals surface area contributed by atoms with Gasteiger partial charge in [0.05, 0.1) is 25.9 Å². The van der Waals surface area contributed by atoms with Crippen molar-refractivity contribution in [2.24, 2.45) is 5.92 Å². The van der Waals surface area contributed by atoms with E-state index in [1.54, 1.807) is 13.8 Å². The average Bonchev–Trinajstić information content (AvgIpc) is 2.54. The normalized spacial score (nSPS) is 21.2. The molecular weight excluding hydrogens is 186 g/mol. The van der Waals surface area contributed by atoms with Crippen LogP contribution in [0.4, 0.5) is 0 Å². The van der Waals surface area contributed by atoms with Crippen molar-refractivity contribution in [1.29, 1.82) is 5.26 Å². The first kappa shape index (κ1) is 11.0. The van der Waals surface area contributed by atoms with Crippen LogP contribution in [0.5, 0.6) is 0 Å². The number of carbonyl (C=O) groups excluding carboxylic acids is 1. The molecule has 0 spiro atoms. The molecule has 0 radical (unpaired) electrons. The van der Waals surface area contributed by atoms with Crippen LogP contribution in [0.25, 0.3) is 0 Å². The van der Waals surface area contributed by atoms with Gasteiger partial charge in [-0.1, -0.05) is 0 Å². The van der Waals surface area contributed by atoms with E-state index in [0.29, 0.717) is 13.2 Å². The summed E-state index contributed by atoms with van der Waals surface area (Å²) < 4.78 is 15.2. The third-order valence-corrected chi connectivity index (χ3v) is 2.04. The quantitative estimate of drug-likeness (QED) is 0.617. The zero-order chi connectivity index (χ0) is 10.6. The minimum Gasteiger partial charge on any atom is -0.465 e. The zero-order valence-electron chi connectivity index (χ0n) is 8.28. The number of esters is 1. The molecule has 14 heavy (non-hydrogen) atoms. The number of hydrogen-bond acceptors (Lipinski definition) is 5. The molecule has 0 N–H and O–H groups in total. The molecule has 0 amide bonds. The molecule has 0 aromatic rings. The molecule has 0 saturated carbocycles. The maximum absolute atomic E-state index is 11.4. The van der Waals surface area contributed by atoms with Gasteiger partial charge in [-0.25, -0.2) is 0 Å². The van der Waals surface area contributed by atoms with Gasteiger partial charge in [-0.15, -0.1) is 0 Å². The second-order valence-corrected chi connectivity index (χ2v) is 3.03. The minimum atomic E-state index is -1.15. The summed E-state index contributed by atoms with van der Waals surface area (Å²) in [6, 6.07) is 1.84. The van der Waals surface area contributed by atoms with Crippen LogP contribution in [0, 0.1) is 17.2 Å². The highest BCUT2D eigenvalue weighted by Gasteiger charge is 2.45. The monoisotopic (exact) mass is 199 g/mol. The van der Waals surface area contributed by atoms with Gasteiger partial charge in [0.1, 0.15) is 0 Å². The molecule has 78 valence electrons. The molecule has 0 bridgehead atoms. The first-order valence-electron chi connectivity index (χ1n) is 4.48. The van der Waals surface area contributed by atoms with Crippen LogP contribution in [-0.4, -0.2) is 31.6 Å².